The monoisotopic (exact) mass is 252 g/mol. The number of nitrogens with one attached hydrogen (secondary N) is 1. The Balaban J connectivity index is 1.89. The number of hydrogen-bond acceptors (Lipinski definition) is 2. The zero-order valence-corrected chi connectivity index (χ0v) is 12.5. The molecule has 0 amide bonds. The van der Waals surface area contributed by atoms with Gasteiger partial charge in [0.05, 0.1) is 0 Å². The highest BCUT2D eigenvalue weighted by molar-refractivity contribution is 4.88. The summed E-state index contributed by atoms with van der Waals surface area (Å²) in [5, 5.41) is 3.62. The third-order valence-corrected chi connectivity index (χ3v) is 5.34. The van der Waals surface area contributed by atoms with Crippen LogP contribution in [0.1, 0.15) is 64.7 Å². The highest BCUT2D eigenvalue weighted by Gasteiger charge is 2.33. The zero-order valence-electron chi connectivity index (χ0n) is 12.5. The quantitative estimate of drug-likeness (QED) is 0.771. The average molecular weight is 252 g/mol. The van der Waals surface area contributed by atoms with Crippen LogP contribution in [-0.2, 0) is 0 Å². The molecule has 0 aromatic rings. The van der Waals surface area contributed by atoms with Crippen LogP contribution in [0.3, 0.4) is 0 Å². The molecule has 1 saturated carbocycles. The molecule has 0 radical (unpaired) electrons. The zero-order chi connectivity index (χ0) is 12.8. The van der Waals surface area contributed by atoms with Gasteiger partial charge >= 0.3 is 0 Å². The second kappa shape index (κ2) is 6.91. The molecule has 1 aliphatic carbocycles. The summed E-state index contributed by atoms with van der Waals surface area (Å²) in [4.78, 5) is 2.70. The Morgan fingerprint density at radius 3 is 2.39 bits per heavy atom. The van der Waals surface area contributed by atoms with Gasteiger partial charge in [0.1, 0.15) is 0 Å². The van der Waals surface area contributed by atoms with E-state index in [1.807, 2.05) is 0 Å². The van der Waals surface area contributed by atoms with Gasteiger partial charge in [0.15, 0.2) is 0 Å². The second-order valence-electron chi connectivity index (χ2n) is 6.69. The molecule has 2 heteroatoms. The summed E-state index contributed by atoms with van der Waals surface area (Å²) in [7, 11) is 2.38. The first-order chi connectivity index (χ1) is 8.76. The Morgan fingerprint density at radius 1 is 1.11 bits per heavy atom. The van der Waals surface area contributed by atoms with E-state index in [-0.39, 0.29) is 0 Å². The molecule has 1 unspecified atom stereocenters. The van der Waals surface area contributed by atoms with Gasteiger partial charge in [0.2, 0.25) is 0 Å². The van der Waals surface area contributed by atoms with Crippen LogP contribution < -0.4 is 5.32 Å². The normalized spacial score (nSPS) is 31.5. The Labute approximate surface area is 114 Å². The minimum Gasteiger partial charge on any atom is -0.316 e. The summed E-state index contributed by atoms with van der Waals surface area (Å²) in [5.41, 5.74) is 0.555. The highest BCUT2D eigenvalue weighted by Crippen LogP contribution is 2.32. The van der Waals surface area contributed by atoms with Gasteiger partial charge in [-0.05, 0) is 51.1 Å². The molecular formula is C16H32N2. The molecule has 2 aliphatic rings. The van der Waals surface area contributed by atoms with Crippen LogP contribution in [0.4, 0.5) is 0 Å². The molecule has 2 fully saturated rings. The molecular weight excluding hydrogens is 220 g/mol. The van der Waals surface area contributed by atoms with E-state index in [2.05, 4.69) is 24.2 Å². The Hall–Kier alpha value is -0.0800. The summed E-state index contributed by atoms with van der Waals surface area (Å²) >= 11 is 0. The Morgan fingerprint density at radius 2 is 1.83 bits per heavy atom. The minimum absolute atomic E-state index is 0.555. The van der Waals surface area contributed by atoms with Crippen molar-refractivity contribution in [2.45, 2.75) is 70.8 Å². The summed E-state index contributed by atoms with van der Waals surface area (Å²) in [6.45, 7) is 6.16. The molecule has 18 heavy (non-hydrogen) atoms. The summed E-state index contributed by atoms with van der Waals surface area (Å²) < 4.78 is 0. The maximum atomic E-state index is 3.62. The van der Waals surface area contributed by atoms with E-state index in [4.69, 9.17) is 0 Å². The van der Waals surface area contributed by atoms with E-state index in [1.165, 1.54) is 77.4 Å². The standard InChI is InChI=1S/C16H32N2/c1-3-16(11-8-12-17-13-16)14-18(2)15-9-6-4-5-7-10-15/h15,17H,3-14H2,1-2H3. The molecule has 2 rings (SSSR count). The van der Waals surface area contributed by atoms with Crippen molar-refractivity contribution < 1.29 is 0 Å². The molecule has 0 spiro atoms. The van der Waals surface area contributed by atoms with Crippen molar-refractivity contribution in [1.82, 2.24) is 10.2 Å². The molecule has 1 aliphatic heterocycles. The van der Waals surface area contributed by atoms with E-state index in [1.54, 1.807) is 0 Å². The predicted molar refractivity (Wildman–Crippen MR) is 78.9 cm³/mol. The van der Waals surface area contributed by atoms with Gasteiger partial charge in [-0.25, -0.2) is 0 Å². The first-order valence-electron chi connectivity index (χ1n) is 8.17. The fourth-order valence-electron chi connectivity index (χ4n) is 3.94. The van der Waals surface area contributed by atoms with Gasteiger partial charge in [-0.2, -0.15) is 0 Å². The van der Waals surface area contributed by atoms with E-state index in [0.717, 1.165) is 6.04 Å². The molecule has 1 N–H and O–H groups in total. The second-order valence-corrected chi connectivity index (χ2v) is 6.69. The topological polar surface area (TPSA) is 15.3 Å². The summed E-state index contributed by atoms with van der Waals surface area (Å²) in [6.07, 6.45) is 12.8. The highest BCUT2D eigenvalue weighted by atomic mass is 15.1. The van der Waals surface area contributed by atoms with Crippen LogP contribution in [-0.4, -0.2) is 37.6 Å². The lowest BCUT2D eigenvalue weighted by molar-refractivity contribution is 0.0955. The van der Waals surface area contributed by atoms with Gasteiger partial charge in [0, 0.05) is 19.1 Å². The van der Waals surface area contributed by atoms with Crippen LogP contribution in [0, 0.1) is 5.41 Å². The van der Waals surface area contributed by atoms with Crippen molar-refractivity contribution >= 4 is 0 Å². The number of nitrogens with zero attached hydrogens (tertiary/aromatic N) is 1. The number of piperidine rings is 1. The third-order valence-electron chi connectivity index (χ3n) is 5.34. The molecule has 1 heterocycles. The first kappa shape index (κ1) is 14.3. The van der Waals surface area contributed by atoms with Crippen molar-refractivity contribution in [3.05, 3.63) is 0 Å². The maximum absolute atomic E-state index is 3.62. The average Bonchev–Trinajstić information content (AvgIpc) is 2.68. The van der Waals surface area contributed by atoms with E-state index < -0.39 is 0 Å². The van der Waals surface area contributed by atoms with E-state index in [9.17, 15) is 0 Å². The fourth-order valence-corrected chi connectivity index (χ4v) is 3.94. The maximum Gasteiger partial charge on any atom is 0.00924 e. The molecule has 1 saturated heterocycles. The van der Waals surface area contributed by atoms with Crippen molar-refractivity contribution in [1.29, 1.82) is 0 Å². The summed E-state index contributed by atoms with van der Waals surface area (Å²) in [6, 6.07) is 0.859. The van der Waals surface area contributed by atoms with Gasteiger partial charge in [-0.3, -0.25) is 0 Å². The summed E-state index contributed by atoms with van der Waals surface area (Å²) in [5.74, 6) is 0. The fraction of sp³-hybridized carbons (Fsp3) is 1.00. The minimum atomic E-state index is 0.555. The van der Waals surface area contributed by atoms with E-state index in [0.29, 0.717) is 5.41 Å². The van der Waals surface area contributed by atoms with Crippen molar-refractivity contribution in [2.75, 3.05) is 26.7 Å². The Bertz CT molecular complexity index is 225. The van der Waals surface area contributed by atoms with Gasteiger partial charge in [-0.1, -0.05) is 32.6 Å². The van der Waals surface area contributed by atoms with Crippen LogP contribution in [0.25, 0.3) is 0 Å². The van der Waals surface area contributed by atoms with Crippen LogP contribution in [0.2, 0.25) is 0 Å². The molecule has 0 aromatic carbocycles. The van der Waals surface area contributed by atoms with Crippen molar-refractivity contribution in [2.24, 2.45) is 5.41 Å². The SMILES string of the molecule is CCC1(CN(C)C2CCCCCC2)CCCNC1. The Kier molecular flexibility index (Phi) is 5.50. The van der Waals surface area contributed by atoms with Crippen molar-refractivity contribution in [3.63, 3.8) is 0 Å². The lowest BCUT2D eigenvalue weighted by Gasteiger charge is -2.42. The van der Waals surface area contributed by atoms with Crippen LogP contribution >= 0.6 is 0 Å². The first-order valence-corrected chi connectivity index (χ1v) is 8.17. The van der Waals surface area contributed by atoms with Gasteiger partial charge < -0.3 is 10.2 Å². The lowest BCUT2D eigenvalue weighted by atomic mass is 9.77. The largest absolute Gasteiger partial charge is 0.316 e. The molecule has 106 valence electrons. The number of hydrogen-bond donors (Lipinski definition) is 1. The van der Waals surface area contributed by atoms with Gasteiger partial charge in [-0.15, -0.1) is 0 Å². The third kappa shape index (κ3) is 3.71. The molecule has 0 aromatic heterocycles. The van der Waals surface area contributed by atoms with Crippen LogP contribution in [0.15, 0.2) is 0 Å². The van der Waals surface area contributed by atoms with Crippen molar-refractivity contribution in [3.8, 4) is 0 Å². The lowest BCUT2D eigenvalue weighted by Crippen LogP contribution is -2.48. The van der Waals surface area contributed by atoms with E-state index >= 15 is 0 Å². The molecule has 2 nitrogen and oxygen atoms in total. The molecule has 0 bridgehead atoms. The number of rotatable bonds is 4. The molecule has 1 atom stereocenters. The smallest absolute Gasteiger partial charge is 0.00924 e. The van der Waals surface area contributed by atoms with Gasteiger partial charge in [0.25, 0.3) is 0 Å². The van der Waals surface area contributed by atoms with Crippen LogP contribution in [0.5, 0.6) is 0 Å². The predicted octanol–water partition coefficient (Wildman–Crippen LogP) is 3.42.